The molecule has 0 aliphatic carbocycles. The standard InChI is InChI=1S/C25H18O6/c1-29-20-12-15(7-9-18(20)26)17-13-22(27)30-19-10-8-16-24(28)21(31-25(16)23(17)19)11-14-5-3-2-4-6-14/h2-12,17,26H,13H2,1H3/b21-11-/t17-/m1/s1. The van der Waals surface area contributed by atoms with Gasteiger partial charge in [-0.3, -0.25) is 9.59 Å². The van der Waals surface area contributed by atoms with Crippen LogP contribution in [0, 0.1) is 0 Å². The third kappa shape index (κ3) is 3.22. The number of aromatic hydroxyl groups is 1. The molecule has 3 aromatic carbocycles. The van der Waals surface area contributed by atoms with Gasteiger partial charge < -0.3 is 19.3 Å². The van der Waals surface area contributed by atoms with E-state index in [1.54, 1.807) is 30.3 Å². The first-order chi connectivity index (χ1) is 15.0. The highest BCUT2D eigenvalue weighted by atomic mass is 16.5. The Balaban J connectivity index is 1.63. The summed E-state index contributed by atoms with van der Waals surface area (Å²) >= 11 is 0. The maximum atomic E-state index is 13.0. The van der Waals surface area contributed by atoms with Crippen molar-refractivity contribution in [3.8, 4) is 23.0 Å². The second-order valence-corrected chi connectivity index (χ2v) is 7.37. The highest BCUT2D eigenvalue weighted by molar-refractivity contribution is 6.15. The summed E-state index contributed by atoms with van der Waals surface area (Å²) in [6.07, 6.45) is 1.77. The Morgan fingerprint density at radius 2 is 1.84 bits per heavy atom. The zero-order valence-electron chi connectivity index (χ0n) is 16.6. The van der Waals surface area contributed by atoms with Crippen molar-refractivity contribution >= 4 is 17.8 Å². The summed E-state index contributed by atoms with van der Waals surface area (Å²) in [7, 11) is 1.46. The topological polar surface area (TPSA) is 82.1 Å². The molecule has 0 spiro atoms. The molecule has 6 heteroatoms. The van der Waals surface area contributed by atoms with E-state index in [4.69, 9.17) is 14.2 Å². The van der Waals surface area contributed by atoms with Gasteiger partial charge in [-0.1, -0.05) is 36.4 Å². The van der Waals surface area contributed by atoms with Crippen LogP contribution in [0.3, 0.4) is 0 Å². The molecule has 5 rings (SSSR count). The molecule has 154 valence electrons. The van der Waals surface area contributed by atoms with Gasteiger partial charge in [0, 0.05) is 11.5 Å². The van der Waals surface area contributed by atoms with Crippen LogP contribution in [0.2, 0.25) is 0 Å². The van der Waals surface area contributed by atoms with E-state index in [0.717, 1.165) is 11.1 Å². The van der Waals surface area contributed by atoms with E-state index >= 15 is 0 Å². The molecule has 0 saturated heterocycles. The van der Waals surface area contributed by atoms with E-state index < -0.39 is 5.92 Å². The predicted octanol–water partition coefficient (Wildman–Crippen LogP) is 4.46. The third-order valence-electron chi connectivity index (χ3n) is 5.48. The Kier molecular flexibility index (Phi) is 4.47. The average molecular weight is 414 g/mol. The molecule has 0 aromatic heterocycles. The number of carbonyl (C=O) groups is 2. The van der Waals surface area contributed by atoms with E-state index in [1.165, 1.54) is 13.2 Å². The number of hydrogen-bond acceptors (Lipinski definition) is 6. The van der Waals surface area contributed by atoms with Crippen molar-refractivity contribution in [1.29, 1.82) is 0 Å². The van der Waals surface area contributed by atoms with Crippen LogP contribution >= 0.6 is 0 Å². The number of fused-ring (bicyclic) bond motifs is 3. The molecule has 1 atom stereocenters. The summed E-state index contributed by atoms with van der Waals surface area (Å²) in [5, 5.41) is 9.95. The molecule has 3 aromatic rings. The number of allylic oxidation sites excluding steroid dienone is 1. The minimum Gasteiger partial charge on any atom is -0.504 e. The van der Waals surface area contributed by atoms with Crippen LogP contribution in [0.5, 0.6) is 23.0 Å². The first-order valence-corrected chi connectivity index (χ1v) is 9.79. The smallest absolute Gasteiger partial charge is 0.312 e. The van der Waals surface area contributed by atoms with Crippen molar-refractivity contribution in [2.24, 2.45) is 0 Å². The number of ether oxygens (including phenoxy) is 3. The number of hydrogen-bond donors (Lipinski definition) is 1. The van der Waals surface area contributed by atoms with Gasteiger partial charge in [0.15, 0.2) is 17.3 Å². The average Bonchev–Trinajstić information content (AvgIpc) is 3.09. The number of ketones is 1. The van der Waals surface area contributed by atoms with Gasteiger partial charge in [-0.2, -0.15) is 0 Å². The zero-order valence-corrected chi connectivity index (χ0v) is 16.6. The van der Waals surface area contributed by atoms with Gasteiger partial charge in [0.2, 0.25) is 5.78 Å². The Bertz CT molecular complexity index is 1240. The van der Waals surface area contributed by atoms with Crippen LogP contribution in [-0.4, -0.2) is 24.0 Å². The molecule has 31 heavy (non-hydrogen) atoms. The SMILES string of the molecule is COc1cc([C@H]2CC(=O)Oc3ccc4c(c32)O/C(=C\c2ccccc2)C4=O)ccc1O. The summed E-state index contributed by atoms with van der Waals surface area (Å²) in [5.74, 6) is 0.262. The van der Waals surface area contributed by atoms with E-state index in [1.807, 2.05) is 30.3 Å². The first kappa shape index (κ1) is 18.9. The summed E-state index contributed by atoms with van der Waals surface area (Å²) in [6.45, 7) is 0. The predicted molar refractivity (Wildman–Crippen MR) is 113 cm³/mol. The summed E-state index contributed by atoms with van der Waals surface area (Å²) in [6, 6.07) is 17.6. The van der Waals surface area contributed by atoms with Crippen LogP contribution in [0.25, 0.3) is 6.08 Å². The molecule has 0 radical (unpaired) electrons. The molecule has 6 nitrogen and oxygen atoms in total. The number of carbonyl (C=O) groups excluding carboxylic acids is 2. The first-order valence-electron chi connectivity index (χ1n) is 9.79. The number of methoxy groups -OCH3 is 1. The molecule has 0 amide bonds. The highest BCUT2D eigenvalue weighted by Gasteiger charge is 2.38. The van der Waals surface area contributed by atoms with Crippen LogP contribution < -0.4 is 14.2 Å². The molecule has 2 heterocycles. The summed E-state index contributed by atoms with van der Waals surface area (Å²) < 4.78 is 16.7. The lowest BCUT2D eigenvalue weighted by Crippen LogP contribution is -2.21. The van der Waals surface area contributed by atoms with E-state index in [2.05, 4.69) is 0 Å². The van der Waals surface area contributed by atoms with Crippen molar-refractivity contribution < 1.29 is 28.9 Å². The lowest BCUT2D eigenvalue weighted by molar-refractivity contribution is -0.135. The fraction of sp³-hybridized carbons (Fsp3) is 0.120. The number of phenolic OH excluding ortho intramolecular Hbond substituents is 1. The van der Waals surface area contributed by atoms with Crippen molar-refractivity contribution in [3.63, 3.8) is 0 Å². The van der Waals surface area contributed by atoms with Gasteiger partial charge in [0.1, 0.15) is 11.5 Å². The van der Waals surface area contributed by atoms with Crippen LogP contribution in [0.4, 0.5) is 0 Å². The second-order valence-electron chi connectivity index (χ2n) is 7.37. The number of benzene rings is 3. The number of rotatable bonds is 3. The maximum absolute atomic E-state index is 13.0. The summed E-state index contributed by atoms with van der Waals surface area (Å²) in [5.41, 5.74) is 2.65. The van der Waals surface area contributed by atoms with Gasteiger partial charge in [0.25, 0.3) is 0 Å². The van der Waals surface area contributed by atoms with E-state index in [9.17, 15) is 14.7 Å². The van der Waals surface area contributed by atoms with E-state index in [-0.39, 0.29) is 29.7 Å². The van der Waals surface area contributed by atoms with Crippen molar-refractivity contribution in [2.75, 3.05) is 7.11 Å². The lowest BCUT2D eigenvalue weighted by atomic mass is 9.84. The van der Waals surface area contributed by atoms with Gasteiger partial charge in [-0.15, -0.1) is 0 Å². The second kappa shape index (κ2) is 7.32. The monoisotopic (exact) mass is 414 g/mol. The molecule has 0 unspecified atom stereocenters. The zero-order chi connectivity index (χ0) is 21.5. The molecule has 2 aliphatic heterocycles. The van der Waals surface area contributed by atoms with Gasteiger partial charge in [-0.25, -0.2) is 0 Å². The fourth-order valence-electron chi connectivity index (χ4n) is 4.00. The molecule has 0 saturated carbocycles. The van der Waals surface area contributed by atoms with Crippen LogP contribution in [-0.2, 0) is 4.79 Å². The van der Waals surface area contributed by atoms with Crippen molar-refractivity contribution in [2.45, 2.75) is 12.3 Å². The maximum Gasteiger partial charge on any atom is 0.312 e. The summed E-state index contributed by atoms with van der Waals surface area (Å²) in [4.78, 5) is 25.3. The van der Waals surface area contributed by atoms with Gasteiger partial charge >= 0.3 is 5.97 Å². The Hall–Kier alpha value is -4.06. The van der Waals surface area contributed by atoms with Crippen LogP contribution in [0.1, 0.15) is 39.4 Å². The molecule has 1 N–H and O–H groups in total. The Labute approximate surface area is 178 Å². The molecule has 0 fully saturated rings. The molecule has 0 bridgehead atoms. The Morgan fingerprint density at radius 3 is 2.61 bits per heavy atom. The van der Waals surface area contributed by atoms with E-state index in [0.29, 0.717) is 28.4 Å². The fourth-order valence-corrected chi connectivity index (χ4v) is 4.00. The Morgan fingerprint density at radius 1 is 1.03 bits per heavy atom. The normalized spacial score (nSPS) is 18.2. The number of phenols is 1. The number of esters is 1. The molecular formula is C25H18O6. The molecular weight excluding hydrogens is 396 g/mol. The van der Waals surface area contributed by atoms with Crippen LogP contribution in [0.15, 0.2) is 66.4 Å². The largest absolute Gasteiger partial charge is 0.504 e. The van der Waals surface area contributed by atoms with Gasteiger partial charge in [0.05, 0.1) is 19.1 Å². The highest BCUT2D eigenvalue weighted by Crippen LogP contribution is 2.49. The quantitative estimate of drug-likeness (QED) is 0.387. The van der Waals surface area contributed by atoms with Crippen molar-refractivity contribution in [3.05, 3.63) is 88.7 Å². The van der Waals surface area contributed by atoms with Gasteiger partial charge in [-0.05, 0) is 41.5 Å². The lowest BCUT2D eigenvalue weighted by Gasteiger charge is -2.26. The minimum atomic E-state index is -0.412. The van der Waals surface area contributed by atoms with Crippen molar-refractivity contribution in [1.82, 2.24) is 0 Å². The minimum absolute atomic E-state index is 0.00246. The third-order valence-corrected chi connectivity index (χ3v) is 5.48. The number of Topliss-reactive ketones (excluding diaryl/α,β-unsaturated/α-hetero) is 1. The molecule has 2 aliphatic rings.